The van der Waals surface area contributed by atoms with Crippen LogP contribution in [0.1, 0.15) is 30.1 Å². The summed E-state index contributed by atoms with van der Waals surface area (Å²) in [6, 6.07) is 9.81. The van der Waals surface area contributed by atoms with Gasteiger partial charge in [-0.1, -0.05) is 30.3 Å². The second kappa shape index (κ2) is 6.16. The molecule has 1 aliphatic heterocycles. The van der Waals surface area contributed by atoms with Gasteiger partial charge in [-0.05, 0) is 25.8 Å². The minimum Gasteiger partial charge on any atom is -0.448 e. The van der Waals surface area contributed by atoms with Crippen LogP contribution < -0.4 is 0 Å². The van der Waals surface area contributed by atoms with Crippen LogP contribution in [0.25, 0.3) is 11.5 Å². The third-order valence-corrected chi connectivity index (χ3v) is 4.62. The van der Waals surface area contributed by atoms with E-state index in [1.54, 1.807) is 0 Å². The molecule has 0 spiro atoms. The number of amides is 1. The number of hydrogen-bond acceptors (Lipinski definition) is 5. The van der Waals surface area contributed by atoms with E-state index in [1.165, 1.54) is 12.0 Å². The molecule has 25 heavy (non-hydrogen) atoms. The molecule has 128 valence electrons. The number of nitrogens with zero attached hydrogens (tertiary/aromatic N) is 5. The number of carbonyl (C=O) groups is 1. The van der Waals surface area contributed by atoms with Crippen molar-refractivity contribution in [3.05, 3.63) is 53.9 Å². The predicted molar refractivity (Wildman–Crippen MR) is 90.5 cm³/mol. The maximum absolute atomic E-state index is 12.8. The van der Waals surface area contributed by atoms with Crippen LogP contribution in [-0.4, -0.2) is 37.1 Å². The summed E-state index contributed by atoms with van der Waals surface area (Å²) in [5.41, 5.74) is 1.85. The molecular formula is C18H19N5O2. The van der Waals surface area contributed by atoms with Crippen molar-refractivity contribution in [3.63, 3.8) is 0 Å². The summed E-state index contributed by atoms with van der Waals surface area (Å²) in [5.74, 6) is 2.11. The van der Waals surface area contributed by atoms with E-state index in [0.717, 1.165) is 12.2 Å². The van der Waals surface area contributed by atoms with E-state index in [0.29, 0.717) is 30.4 Å². The largest absolute Gasteiger partial charge is 0.448 e. The fourth-order valence-electron chi connectivity index (χ4n) is 3.24. The molecule has 4 rings (SSSR count). The summed E-state index contributed by atoms with van der Waals surface area (Å²) in [7, 11) is 0. The van der Waals surface area contributed by atoms with Crippen LogP contribution in [-0.2, 0) is 17.8 Å². The van der Waals surface area contributed by atoms with Crippen molar-refractivity contribution in [2.75, 3.05) is 6.54 Å². The second-order valence-electron chi connectivity index (χ2n) is 6.24. The van der Waals surface area contributed by atoms with Gasteiger partial charge in [-0.15, -0.1) is 10.2 Å². The Morgan fingerprint density at radius 3 is 2.76 bits per heavy atom. The molecule has 0 bridgehead atoms. The van der Waals surface area contributed by atoms with Crippen LogP contribution in [0.2, 0.25) is 0 Å². The number of carbonyl (C=O) groups excluding carboxylic acids is 1. The molecule has 1 aliphatic rings. The lowest BCUT2D eigenvalue weighted by molar-refractivity contribution is -0.136. The number of aromatic nitrogens is 4. The monoisotopic (exact) mass is 337 g/mol. The highest BCUT2D eigenvalue weighted by molar-refractivity contribution is 5.82. The first-order valence-electron chi connectivity index (χ1n) is 8.32. The Bertz CT molecular complexity index is 899. The number of fused-ring (bicyclic) bond motifs is 1. The first-order chi connectivity index (χ1) is 12.1. The molecule has 2 aromatic heterocycles. The molecule has 1 amide bonds. The molecule has 0 unspecified atom stereocenters. The van der Waals surface area contributed by atoms with Gasteiger partial charge in [0.25, 0.3) is 0 Å². The van der Waals surface area contributed by atoms with Crippen molar-refractivity contribution in [2.24, 2.45) is 0 Å². The van der Waals surface area contributed by atoms with E-state index in [-0.39, 0.29) is 11.9 Å². The first kappa shape index (κ1) is 15.6. The molecule has 7 heteroatoms. The standard InChI is InChI=1S/C18H19N5O2/c1-12-18(24)22(9-8-14-6-4-3-5-7-14)10-15-20-21-17(23(12)15)16-13(2)25-11-19-16/h3-7,11-12H,8-10H2,1-2H3/t12-/m1/s1. The Kier molecular flexibility index (Phi) is 3.83. The van der Waals surface area contributed by atoms with E-state index in [2.05, 4.69) is 27.3 Å². The zero-order chi connectivity index (χ0) is 17.4. The number of rotatable bonds is 4. The molecule has 0 aliphatic carbocycles. The van der Waals surface area contributed by atoms with Crippen molar-refractivity contribution in [1.29, 1.82) is 0 Å². The Morgan fingerprint density at radius 1 is 1.24 bits per heavy atom. The smallest absolute Gasteiger partial charge is 0.245 e. The number of oxazole rings is 1. The van der Waals surface area contributed by atoms with Crippen molar-refractivity contribution in [2.45, 2.75) is 32.9 Å². The van der Waals surface area contributed by atoms with Gasteiger partial charge >= 0.3 is 0 Å². The Morgan fingerprint density at radius 2 is 2.04 bits per heavy atom. The summed E-state index contributed by atoms with van der Waals surface area (Å²) in [5, 5.41) is 8.53. The summed E-state index contributed by atoms with van der Waals surface area (Å²) >= 11 is 0. The number of benzene rings is 1. The van der Waals surface area contributed by atoms with Gasteiger partial charge < -0.3 is 9.32 Å². The van der Waals surface area contributed by atoms with Crippen molar-refractivity contribution >= 4 is 5.91 Å². The van der Waals surface area contributed by atoms with Crippen LogP contribution in [0.4, 0.5) is 0 Å². The maximum atomic E-state index is 12.8. The number of aryl methyl sites for hydroxylation is 1. The molecule has 0 saturated carbocycles. The third kappa shape index (κ3) is 2.71. The lowest BCUT2D eigenvalue weighted by Gasteiger charge is -2.32. The minimum atomic E-state index is -0.361. The van der Waals surface area contributed by atoms with Crippen LogP contribution in [0.5, 0.6) is 0 Å². The Balaban J connectivity index is 1.58. The zero-order valence-corrected chi connectivity index (χ0v) is 14.2. The van der Waals surface area contributed by atoms with Crippen molar-refractivity contribution < 1.29 is 9.21 Å². The normalized spacial score (nSPS) is 17.0. The van der Waals surface area contributed by atoms with Crippen molar-refractivity contribution in [1.82, 2.24) is 24.6 Å². The predicted octanol–water partition coefficient (Wildman–Crippen LogP) is 2.39. The van der Waals surface area contributed by atoms with E-state index >= 15 is 0 Å². The molecular weight excluding hydrogens is 318 g/mol. The van der Waals surface area contributed by atoms with Gasteiger partial charge in [-0.25, -0.2) is 4.98 Å². The lowest BCUT2D eigenvalue weighted by Crippen LogP contribution is -2.42. The van der Waals surface area contributed by atoms with Crippen LogP contribution in [0.15, 0.2) is 41.1 Å². The minimum absolute atomic E-state index is 0.0747. The molecule has 0 N–H and O–H groups in total. The second-order valence-corrected chi connectivity index (χ2v) is 6.24. The summed E-state index contributed by atoms with van der Waals surface area (Å²) < 4.78 is 7.13. The molecule has 3 aromatic rings. The topological polar surface area (TPSA) is 77.0 Å². The molecule has 0 fully saturated rings. The SMILES string of the molecule is Cc1ocnc1-c1nnc2n1[C@H](C)C(=O)N(CCc1ccccc1)C2. The fourth-order valence-corrected chi connectivity index (χ4v) is 3.24. The summed E-state index contributed by atoms with van der Waals surface area (Å²) in [4.78, 5) is 18.9. The van der Waals surface area contributed by atoms with Gasteiger partial charge in [0.2, 0.25) is 5.91 Å². The van der Waals surface area contributed by atoms with E-state index in [9.17, 15) is 4.79 Å². The fraction of sp³-hybridized carbons (Fsp3) is 0.333. The van der Waals surface area contributed by atoms with Crippen LogP contribution >= 0.6 is 0 Å². The van der Waals surface area contributed by atoms with Gasteiger partial charge in [-0.3, -0.25) is 9.36 Å². The molecule has 1 atom stereocenters. The maximum Gasteiger partial charge on any atom is 0.245 e. The summed E-state index contributed by atoms with van der Waals surface area (Å²) in [6.45, 7) is 4.83. The Labute approximate surface area is 145 Å². The van der Waals surface area contributed by atoms with Gasteiger partial charge in [0.1, 0.15) is 17.5 Å². The summed E-state index contributed by atoms with van der Waals surface area (Å²) in [6.07, 6.45) is 2.20. The Hall–Kier alpha value is -2.96. The molecule has 0 radical (unpaired) electrons. The van der Waals surface area contributed by atoms with Crippen molar-refractivity contribution in [3.8, 4) is 11.5 Å². The zero-order valence-electron chi connectivity index (χ0n) is 14.2. The highest BCUT2D eigenvalue weighted by Crippen LogP contribution is 2.29. The van der Waals surface area contributed by atoms with Gasteiger partial charge in [0.05, 0.1) is 6.54 Å². The third-order valence-electron chi connectivity index (χ3n) is 4.62. The first-order valence-corrected chi connectivity index (χ1v) is 8.32. The lowest BCUT2D eigenvalue weighted by atomic mass is 10.1. The van der Waals surface area contributed by atoms with Crippen LogP contribution in [0, 0.1) is 6.92 Å². The van der Waals surface area contributed by atoms with Gasteiger partial charge in [-0.2, -0.15) is 0 Å². The molecule has 7 nitrogen and oxygen atoms in total. The van der Waals surface area contributed by atoms with Gasteiger partial charge in [0.15, 0.2) is 18.0 Å². The van der Waals surface area contributed by atoms with E-state index in [4.69, 9.17) is 4.42 Å². The highest BCUT2D eigenvalue weighted by atomic mass is 16.3. The van der Waals surface area contributed by atoms with Crippen LogP contribution in [0.3, 0.4) is 0 Å². The molecule has 0 saturated heterocycles. The van der Waals surface area contributed by atoms with E-state index < -0.39 is 0 Å². The van der Waals surface area contributed by atoms with E-state index in [1.807, 2.05) is 41.5 Å². The van der Waals surface area contributed by atoms with Gasteiger partial charge in [0, 0.05) is 6.54 Å². The average molecular weight is 337 g/mol. The molecule has 3 heterocycles. The number of hydrogen-bond donors (Lipinski definition) is 0. The molecule has 1 aromatic carbocycles. The average Bonchev–Trinajstić information content (AvgIpc) is 3.23. The quantitative estimate of drug-likeness (QED) is 0.730. The highest BCUT2D eigenvalue weighted by Gasteiger charge is 2.34.